The van der Waals surface area contributed by atoms with E-state index < -0.39 is 6.09 Å². The summed E-state index contributed by atoms with van der Waals surface area (Å²) >= 11 is 0. The largest absolute Gasteiger partial charge is 0.465 e. The second-order valence-corrected chi connectivity index (χ2v) is 10.7. The lowest BCUT2D eigenvalue weighted by Crippen LogP contribution is -2.40. The van der Waals surface area contributed by atoms with Crippen molar-refractivity contribution in [3.05, 3.63) is 71.5 Å². The average Bonchev–Trinajstić information content (AvgIpc) is 3.40. The smallest absolute Gasteiger partial charge is 0.407 e. The molecule has 0 aliphatic carbocycles. The van der Waals surface area contributed by atoms with Crippen LogP contribution in [-0.2, 0) is 11.8 Å². The Bertz CT molecular complexity index is 1350. The number of anilines is 1. The predicted octanol–water partition coefficient (Wildman–Crippen LogP) is 4.74. The van der Waals surface area contributed by atoms with Crippen LogP contribution < -0.4 is 5.32 Å². The van der Waals surface area contributed by atoms with Crippen LogP contribution in [0.25, 0.3) is 11.1 Å². The van der Waals surface area contributed by atoms with Gasteiger partial charge in [-0.25, -0.2) is 4.79 Å². The first-order valence-corrected chi connectivity index (χ1v) is 13.6. The van der Waals surface area contributed by atoms with Crippen molar-refractivity contribution in [1.29, 1.82) is 0 Å². The Hall–Kier alpha value is -4.14. The Labute approximate surface area is 228 Å². The van der Waals surface area contributed by atoms with Crippen molar-refractivity contribution >= 4 is 23.6 Å². The average molecular weight is 530 g/mol. The van der Waals surface area contributed by atoms with Gasteiger partial charge in [0.15, 0.2) is 0 Å². The Morgan fingerprint density at radius 3 is 2.18 bits per heavy atom. The zero-order valence-corrected chi connectivity index (χ0v) is 22.5. The number of aromatic nitrogens is 2. The van der Waals surface area contributed by atoms with Gasteiger partial charge in [0.2, 0.25) is 5.91 Å². The molecule has 9 nitrogen and oxygen atoms in total. The number of carbonyl (C=O) groups is 3. The topological polar surface area (TPSA) is 108 Å². The molecule has 0 saturated carbocycles. The molecule has 204 valence electrons. The van der Waals surface area contributed by atoms with Crippen molar-refractivity contribution in [2.45, 2.75) is 38.5 Å². The number of likely N-dealkylation sites (tertiary alicyclic amines) is 2. The van der Waals surface area contributed by atoms with Gasteiger partial charge in [0, 0.05) is 62.2 Å². The van der Waals surface area contributed by atoms with Crippen LogP contribution in [0.5, 0.6) is 0 Å². The molecule has 1 aromatic heterocycles. The molecule has 2 aliphatic rings. The summed E-state index contributed by atoms with van der Waals surface area (Å²) in [5.74, 6) is 0.0305. The molecule has 2 aliphatic heterocycles. The van der Waals surface area contributed by atoms with Gasteiger partial charge >= 0.3 is 6.09 Å². The molecule has 2 N–H and O–H groups in total. The number of hydrogen-bond acceptors (Lipinski definition) is 4. The molecule has 2 aromatic carbocycles. The summed E-state index contributed by atoms with van der Waals surface area (Å²) in [5.41, 5.74) is 5.63. The van der Waals surface area contributed by atoms with Crippen molar-refractivity contribution in [3.8, 4) is 11.1 Å². The van der Waals surface area contributed by atoms with Gasteiger partial charge in [0.25, 0.3) is 5.91 Å². The first-order valence-electron chi connectivity index (χ1n) is 13.6. The van der Waals surface area contributed by atoms with E-state index in [0.29, 0.717) is 56.2 Å². The van der Waals surface area contributed by atoms with Crippen LogP contribution in [0.4, 0.5) is 10.5 Å². The van der Waals surface area contributed by atoms with Gasteiger partial charge in [0.1, 0.15) is 0 Å². The summed E-state index contributed by atoms with van der Waals surface area (Å²) in [5, 5.41) is 16.4. The lowest BCUT2D eigenvalue weighted by molar-refractivity contribution is -0.121. The number of rotatable bonds is 5. The normalized spacial score (nSPS) is 16.8. The SMILES string of the molecule is Cc1ccc(C(=O)N2CCC(c3ccc(-c4cnn(C)c4)cc3)CC2)cc1NC(=O)C1CCN(C(=O)O)CC1. The molecular formula is C30H35N5O4. The fourth-order valence-electron chi connectivity index (χ4n) is 5.57. The van der Waals surface area contributed by atoms with E-state index in [9.17, 15) is 14.4 Å². The highest BCUT2D eigenvalue weighted by Crippen LogP contribution is 2.31. The van der Waals surface area contributed by atoms with E-state index in [-0.39, 0.29) is 17.7 Å². The number of piperidine rings is 2. The number of carboxylic acid groups (broad SMARTS) is 1. The van der Waals surface area contributed by atoms with Gasteiger partial charge in [-0.05, 0) is 67.3 Å². The number of nitrogens with one attached hydrogen (secondary N) is 1. The zero-order chi connectivity index (χ0) is 27.5. The molecule has 0 unspecified atom stereocenters. The lowest BCUT2D eigenvalue weighted by atomic mass is 9.88. The summed E-state index contributed by atoms with van der Waals surface area (Å²) in [4.78, 5) is 40.6. The summed E-state index contributed by atoms with van der Waals surface area (Å²) in [7, 11) is 1.91. The molecule has 0 atom stereocenters. The zero-order valence-electron chi connectivity index (χ0n) is 22.5. The van der Waals surface area contributed by atoms with E-state index in [1.54, 1.807) is 10.7 Å². The molecule has 0 bridgehead atoms. The first-order chi connectivity index (χ1) is 18.8. The van der Waals surface area contributed by atoms with E-state index in [4.69, 9.17) is 5.11 Å². The molecule has 0 spiro atoms. The number of hydrogen-bond donors (Lipinski definition) is 2. The Morgan fingerprint density at radius 2 is 1.56 bits per heavy atom. The van der Waals surface area contributed by atoms with Gasteiger partial charge < -0.3 is 20.2 Å². The van der Waals surface area contributed by atoms with E-state index in [2.05, 4.69) is 34.7 Å². The first kappa shape index (κ1) is 26.5. The monoisotopic (exact) mass is 529 g/mol. The molecule has 3 amide bonds. The van der Waals surface area contributed by atoms with Gasteiger partial charge in [-0.1, -0.05) is 30.3 Å². The van der Waals surface area contributed by atoms with Crippen molar-refractivity contribution in [2.75, 3.05) is 31.5 Å². The molecule has 3 aromatic rings. The van der Waals surface area contributed by atoms with Gasteiger partial charge in [0.05, 0.1) is 6.20 Å². The third kappa shape index (κ3) is 5.97. The third-order valence-electron chi connectivity index (χ3n) is 8.08. The molecule has 3 heterocycles. The van der Waals surface area contributed by atoms with Gasteiger partial charge in [-0.2, -0.15) is 5.10 Å². The maximum Gasteiger partial charge on any atom is 0.407 e. The van der Waals surface area contributed by atoms with Crippen molar-refractivity contribution in [2.24, 2.45) is 13.0 Å². The quantitative estimate of drug-likeness (QED) is 0.496. The minimum absolute atomic E-state index is 0.0226. The standard InChI is InChI=1S/C30H35N5O4/c1-20-3-4-25(17-27(20)32-28(36)24-11-15-35(16-12-24)30(38)39)29(37)34-13-9-23(10-14-34)21-5-7-22(8-6-21)26-18-31-33(2)19-26/h3-8,17-19,23-24H,9-16H2,1-2H3,(H,32,36)(H,38,39). The van der Waals surface area contributed by atoms with E-state index >= 15 is 0 Å². The fourth-order valence-corrected chi connectivity index (χ4v) is 5.57. The van der Waals surface area contributed by atoms with E-state index in [0.717, 1.165) is 29.5 Å². The molecule has 5 rings (SSSR count). The maximum absolute atomic E-state index is 13.3. The van der Waals surface area contributed by atoms with E-state index in [1.807, 2.05) is 43.4 Å². The number of amides is 3. The van der Waals surface area contributed by atoms with Crippen LogP contribution in [-0.4, -0.2) is 68.8 Å². The molecule has 0 radical (unpaired) electrons. The van der Waals surface area contributed by atoms with Crippen LogP contribution in [0.1, 0.15) is 53.1 Å². The summed E-state index contributed by atoms with van der Waals surface area (Å²) in [6.45, 7) is 3.99. The van der Waals surface area contributed by atoms with Crippen molar-refractivity contribution < 1.29 is 19.5 Å². The van der Waals surface area contributed by atoms with Gasteiger partial charge in [-0.3, -0.25) is 14.3 Å². The molecular weight excluding hydrogens is 494 g/mol. The van der Waals surface area contributed by atoms with E-state index in [1.165, 1.54) is 10.5 Å². The highest BCUT2D eigenvalue weighted by molar-refractivity contribution is 5.98. The van der Waals surface area contributed by atoms with Crippen LogP contribution in [0.2, 0.25) is 0 Å². The van der Waals surface area contributed by atoms with Crippen molar-refractivity contribution in [3.63, 3.8) is 0 Å². The molecule has 9 heteroatoms. The highest BCUT2D eigenvalue weighted by atomic mass is 16.4. The highest BCUT2D eigenvalue weighted by Gasteiger charge is 2.28. The second-order valence-electron chi connectivity index (χ2n) is 10.7. The van der Waals surface area contributed by atoms with Crippen LogP contribution in [0.15, 0.2) is 54.9 Å². The minimum Gasteiger partial charge on any atom is -0.465 e. The minimum atomic E-state index is -0.946. The fraction of sp³-hybridized carbons (Fsp3) is 0.400. The molecule has 2 saturated heterocycles. The van der Waals surface area contributed by atoms with Crippen LogP contribution in [0, 0.1) is 12.8 Å². The van der Waals surface area contributed by atoms with Crippen LogP contribution in [0.3, 0.4) is 0 Å². The predicted molar refractivity (Wildman–Crippen MR) is 149 cm³/mol. The van der Waals surface area contributed by atoms with Crippen LogP contribution >= 0.6 is 0 Å². The third-order valence-corrected chi connectivity index (χ3v) is 8.08. The summed E-state index contributed by atoms with van der Waals surface area (Å²) in [6.07, 6.45) is 5.73. The summed E-state index contributed by atoms with van der Waals surface area (Å²) < 4.78 is 1.80. The Morgan fingerprint density at radius 1 is 0.897 bits per heavy atom. The van der Waals surface area contributed by atoms with Gasteiger partial charge in [-0.15, -0.1) is 0 Å². The summed E-state index contributed by atoms with van der Waals surface area (Å²) in [6, 6.07) is 14.1. The molecule has 39 heavy (non-hydrogen) atoms. The number of benzene rings is 2. The Balaban J connectivity index is 1.17. The maximum atomic E-state index is 13.3. The van der Waals surface area contributed by atoms with Crippen molar-refractivity contribution in [1.82, 2.24) is 19.6 Å². The number of nitrogens with zero attached hydrogens (tertiary/aromatic N) is 4. The lowest BCUT2D eigenvalue weighted by Gasteiger charge is -2.32. The second kappa shape index (κ2) is 11.3. The number of aryl methyl sites for hydroxylation is 2. The molecule has 2 fully saturated rings. The Kier molecular flexibility index (Phi) is 7.67. The number of carbonyl (C=O) groups excluding carboxylic acids is 2.